The Hall–Kier alpha value is -2.79. The number of anilines is 2. The van der Waals surface area contributed by atoms with Crippen LogP contribution in [0.4, 0.5) is 10.8 Å². The van der Waals surface area contributed by atoms with Gasteiger partial charge in [0, 0.05) is 61.6 Å². The largest absolute Gasteiger partial charge is 0.462 e. The van der Waals surface area contributed by atoms with E-state index < -0.39 is 24.2 Å². The summed E-state index contributed by atoms with van der Waals surface area (Å²) in [7, 11) is 9.16. The molecule has 4 heterocycles. The molecule has 3 aliphatic heterocycles. The fourth-order valence-electron chi connectivity index (χ4n) is 11.8. The number of carbonyl (C=O) groups excluding carboxylic acids is 2. The number of fused-ring (bicyclic) bond motifs is 8. The van der Waals surface area contributed by atoms with Crippen LogP contribution >= 0.6 is 11.3 Å². The third kappa shape index (κ3) is 9.19. The highest BCUT2D eigenvalue weighted by Gasteiger charge is 2.57. The number of likely N-dealkylation sites (N-methyl/N-ethyl adjacent to an activating group) is 1. The second-order valence-electron chi connectivity index (χ2n) is 18.8. The van der Waals surface area contributed by atoms with Crippen molar-refractivity contribution in [3.63, 3.8) is 0 Å². The number of hydrogen-bond acceptors (Lipinski definition) is 14. The number of carbonyl (C=O) groups is 2. The number of ether oxygens (including phenoxy) is 8. The van der Waals surface area contributed by atoms with Gasteiger partial charge in [0.15, 0.2) is 23.5 Å². The second-order valence-corrected chi connectivity index (χ2v) is 19.8. The number of benzene rings is 1. The van der Waals surface area contributed by atoms with Gasteiger partial charge >= 0.3 is 5.97 Å². The van der Waals surface area contributed by atoms with E-state index in [1.54, 1.807) is 32.7 Å². The van der Waals surface area contributed by atoms with Gasteiger partial charge in [0.2, 0.25) is 0 Å². The van der Waals surface area contributed by atoms with Crippen molar-refractivity contribution >= 4 is 33.9 Å². The highest BCUT2D eigenvalue weighted by Crippen LogP contribution is 2.63. The molecule has 5 unspecified atom stereocenters. The zero-order chi connectivity index (χ0) is 43.8. The lowest BCUT2D eigenvalue weighted by atomic mass is 9.67. The van der Waals surface area contributed by atoms with E-state index >= 15 is 4.79 Å². The molecule has 8 rings (SSSR count). The number of nitrogens with zero attached hydrogens (tertiary/aromatic N) is 2. The molecule has 1 saturated carbocycles. The maximum Gasteiger partial charge on any atom is 0.306 e. The van der Waals surface area contributed by atoms with Crippen molar-refractivity contribution in [1.29, 1.82) is 0 Å². The third-order valence-electron chi connectivity index (χ3n) is 14.9. The highest BCUT2D eigenvalue weighted by molar-refractivity contribution is 7.15. The summed E-state index contributed by atoms with van der Waals surface area (Å²) in [5.74, 6) is -1.01. The molecule has 1 aromatic heterocycles. The highest BCUT2D eigenvalue weighted by atomic mass is 32.1. The fraction of sp³-hybridized carbons (Fsp3) is 0.729. The van der Waals surface area contributed by atoms with Crippen molar-refractivity contribution < 1.29 is 47.5 Å². The number of allylic oxidation sites excluding steroid dienone is 2. The average Bonchev–Trinajstić information content (AvgIpc) is 3.97. The molecule has 0 bridgehead atoms. The molecule has 3 saturated heterocycles. The van der Waals surface area contributed by atoms with Crippen LogP contribution in [0.2, 0.25) is 0 Å². The van der Waals surface area contributed by atoms with Gasteiger partial charge in [-0.1, -0.05) is 38.1 Å². The van der Waals surface area contributed by atoms with Crippen molar-refractivity contribution in [2.75, 3.05) is 40.7 Å². The molecule has 62 heavy (non-hydrogen) atoms. The number of Topliss-reactive ketones (excluding diaryl/α,β-unsaturated/α-hetero) is 1. The maximum atomic E-state index is 15.2. The Bertz CT molecular complexity index is 1880. The van der Waals surface area contributed by atoms with Gasteiger partial charge in [-0.2, -0.15) is 0 Å². The predicted octanol–water partition coefficient (Wildman–Crippen LogP) is 7.77. The summed E-state index contributed by atoms with van der Waals surface area (Å²) in [6.45, 7) is 8.17. The summed E-state index contributed by atoms with van der Waals surface area (Å²) >= 11 is 1.68. The van der Waals surface area contributed by atoms with Crippen LogP contribution in [0.15, 0.2) is 42.0 Å². The first-order valence-electron chi connectivity index (χ1n) is 23.1. The first kappa shape index (κ1) is 45.8. The molecule has 0 radical (unpaired) electrons. The Kier molecular flexibility index (Phi) is 14.6. The predicted molar refractivity (Wildman–Crippen MR) is 235 cm³/mol. The topological polar surface area (TPSA) is 136 Å². The van der Waals surface area contributed by atoms with Gasteiger partial charge in [0.25, 0.3) is 0 Å². The van der Waals surface area contributed by atoms with Gasteiger partial charge in [-0.25, -0.2) is 4.98 Å². The quantitative estimate of drug-likeness (QED) is 0.221. The van der Waals surface area contributed by atoms with E-state index in [0.717, 1.165) is 55.0 Å². The smallest absolute Gasteiger partial charge is 0.306 e. The van der Waals surface area contributed by atoms with Crippen molar-refractivity contribution in [1.82, 2.24) is 9.88 Å². The summed E-state index contributed by atoms with van der Waals surface area (Å²) in [6.07, 6.45) is 5.24. The normalized spacial score (nSPS) is 40.0. The number of rotatable bonds is 11. The molecule has 342 valence electrons. The van der Waals surface area contributed by atoms with E-state index in [2.05, 4.69) is 44.2 Å². The van der Waals surface area contributed by atoms with Crippen LogP contribution in [0.5, 0.6) is 0 Å². The molecule has 3 aliphatic carbocycles. The van der Waals surface area contributed by atoms with E-state index in [-0.39, 0.29) is 90.9 Å². The minimum atomic E-state index is -0.661. The number of thiazole rings is 1. The molecule has 1 aromatic carbocycles. The Labute approximate surface area is 371 Å². The molecular formula is C48H69N3O10S. The zero-order valence-electron chi connectivity index (χ0n) is 38.0. The Morgan fingerprint density at radius 1 is 0.871 bits per heavy atom. The first-order valence-corrected chi connectivity index (χ1v) is 23.9. The number of esters is 1. The average molecular weight is 880 g/mol. The molecular weight excluding hydrogens is 811 g/mol. The summed E-state index contributed by atoms with van der Waals surface area (Å²) in [5, 5.41) is 4.36. The standard InChI is InChI=1S/C48H69N3O10S/c1-10-29-17-14-18-37(61-39-20-19-36(51(5)6)26(3)57-39)25(2)42(53)34-23-32-31-21-30(60-47-45(56-9)44(55-8)43(54-7)27(4)58-47)22-35(31)46-41(40(32)33(34)24-38(52)59-29)50-48(62-46)49-28-15-12-11-13-16-28/h11-13,15-16,23,25-27,29-33,35-37,39-40,43-45,47H,10,14,17-22,24H2,1-9H3,(H,49,50)/t25-,26?,27?,29+,30+,31+,32+,33-,35?,36+,37+,39+,40?,43+,44?,45+,47+/m1/s1. The second kappa shape index (κ2) is 19.8. The number of methoxy groups -OCH3 is 3. The van der Waals surface area contributed by atoms with E-state index in [4.69, 9.17) is 42.9 Å². The Morgan fingerprint density at radius 3 is 2.32 bits per heavy atom. The first-order chi connectivity index (χ1) is 29.9. The molecule has 0 amide bonds. The molecule has 6 aliphatic rings. The van der Waals surface area contributed by atoms with Crippen molar-refractivity contribution in [3.05, 3.63) is 52.6 Å². The maximum absolute atomic E-state index is 15.2. The van der Waals surface area contributed by atoms with Crippen LogP contribution in [0, 0.1) is 23.7 Å². The van der Waals surface area contributed by atoms with E-state index in [1.165, 1.54) is 4.88 Å². The minimum absolute atomic E-state index is 0.00724. The monoisotopic (exact) mass is 879 g/mol. The van der Waals surface area contributed by atoms with Crippen molar-refractivity contribution in [2.24, 2.45) is 23.7 Å². The molecule has 17 atom stereocenters. The third-order valence-corrected chi connectivity index (χ3v) is 16.0. The summed E-state index contributed by atoms with van der Waals surface area (Å²) in [5.41, 5.74) is 2.62. The number of para-hydroxylation sites is 1. The molecule has 13 nitrogen and oxygen atoms in total. The van der Waals surface area contributed by atoms with E-state index in [9.17, 15) is 4.79 Å². The summed E-state index contributed by atoms with van der Waals surface area (Å²) < 4.78 is 50.6. The number of ketones is 1. The molecule has 2 aromatic rings. The Morgan fingerprint density at radius 2 is 1.63 bits per heavy atom. The lowest BCUT2D eigenvalue weighted by Gasteiger charge is -2.44. The number of cyclic esters (lactones) is 1. The lowest BCUT2D eigenvalue weighted by molar-refractivity contribution is -0.314. The summed E-state index contributed by atoms with van der Waals surface area (Å²) in [6, 6.07) is 10.4. The number of aromatic nitrogens is 1. The lowest BCUT2D eigenvalue weighted by Crippen LogP contribution is -2.59. The van der Waals surface area contributed by atoms with Gasteiger partial charge in [-0.05, 0) is 109 Å². The van der Waals surface area contributed by atoms with Crippen LogP contribution in [0.25, 0.3) is 0 Å². The molecule has 0 spiro atoms. The SMILES string of the molecule is CC[C@H]1CCC[C@H](O[C@H]2CC[C@H](N(C)C)C(C)O2)[C@@H](C)C(=O)C2=C[C@@H]3C(c4nc(Nc5ccccc5)sc4C4C[C@@H](O[C@@H]5OC(C)[C@H](OC)C(OC)[C@@H]5OC)C[C@H]43)[C@@H]2CC(=O)O1. The van der Waals surface area contributed by atoms with E-state index in [1.807, 2.05) is 44.2 Å². The minimum Gasteiger partial charge on any atom is -0.462 e. The zero-order valence-corrected chi connectivity index (χ0v) is 38.8. The molecule has 4 fully saturated rings. The van der Waals surface area contributed by atoms with Gasteiger partial charge < -0.3 is 48.1 Å². The molecule has 1 N–H and O–H groups in total. The summed E-state index contributed by atoms with van der Waals surface area (Å²) in [4.78, 5) is 38.0. The van der Waals surface area contributed by atoms with Crippen LogP contribution in [0.3, 0.4) is 0 Å². The fourth-order valence-corrected chi connectivity index (χ4v) is 13.0. The van der Waals surface area contributed by atoms with Crippen molar-refractivity contribution in [2.45, 2.75) is 165 Å². The molecule has 14 heteroatoms. The Balaban J connectivity index is 1.13. The van der Waals surface area contributed by atoms with Crippen LogP contribution < -0.4 is 5.32 Å². The number of hydrogen-bond donors (Lipinski definition) is 1. The van der Waals surface area contributed by atoms with Gasteiger partial charge in [0.05, 0.1) is 36.5 Å². The van der Waals surface area contributed by atoms with Gasteiger partial charge in [-0.3, -0.25) is 9.59 Å². The van der Waals surface area contributed by atoms with Crippen LogP contribution in [-0.2, 0) is 47.5 Å². The van der Waals surface area contributed by atoms with Gasteiger partial charge in [-0.15, -0.1) is 11.3 Å². The number of nitrogens with one attached hydrogen (secondary N) is 1. The van der Waals surface area contributed by atoms with E-state index in [0.29, 0.717) is 24.5 Å². The van der Waals surface area contributed by atoms with Gasteiger partial charge in [0.1, 0.15) is 24.4 Å². The van der Waals surface area contributed by atoms with Crippen molar-refractivity contribution in [3.8, 4) is 0 Å². The van der Waals surface area contributed by atoms with Crippen LogP contribution in [0.1, 0.15) is 108 Å². The van der Waals surface area contributed by atoms with Crippen LogP contribution in [-0.4, -0.2) is 125 Å².